The van der Waals surface area contributed by atoms with Gasteiger partial charge in [0.1, 0.15) is 0 Å². The average Bonchev–Trinajstić information content (AvgIpc) is 3.11. The number of benzene rings is 1. The molecule has 31 heavy (non-hydrogen) atoms. The third-order valence-electron chi connectivity index (χ3n) is 4.63. The Labute approximate surface area is 184 Å². The van der Waals surface area contributed by atoms with Crippen LogP contribution < -0.4 is 10.6 Å². The predicted molar refractivity (Wildman–Crippen MR) is 124 cm³/mol. The molecule has 1 atom stereocenters. The lowest BCUT2D eigenvalue weighted by atomic mass is 10.0. The number of hydrogen-bond acceptors (Lipinski definition) is 5. The van der Waals surface area contributed by atoms with Crippen molar-refractivity contribution in [2.24, 2.45) is 5.92 Å². The number of ether oxygens (including phenoxy) is 1. The SMILES string of the molecule is CC=C(C)C.CNc1cc(COC)ccc1-c1cn(C(C(=O)O)C(C)C)nc1NC=O. The summed E-state index contributed by atoms with van der Waals surface area (Å²) in [7, 11) is 3.42. The number of nitrogens with one attached hydrogen (secondary N) is 2. The normalized spacial score (nSPS) is 11.2. The summed E-state index contributed by atoms with van der Waals surface area (Å²) >= 11 is 0. The summed E-state index contributed by atoms with van der Waals surface area (Å²) in [5, 5.41) is 19.5. The highest BCUT2D eigenvalue weighted by Crippen LogP contribution is 2.35. The molecular formula is C23H34N4O4. The molecule has 0 aliphatic rings. The first-order chi connectivity index (χ1) is 14.7. The predicted octanol–water partition coefficient (Wildman–Crippen LogP) is 4.56. The molecule has 3 N–H and O–H groups in total. The van der Waals surface area contributed by atoms with Crippen LogP contribution in [0.15, 0.2) is 36.0 Å². The fourth-order valence-corrected chi connectivity index (χ4v) is 2.89. The second-order valence-corrected chi connectivity index (χ2v) is 7.59. The third kappa shape index (κ3) is 7.25. The molecule has 1 aromatic carbocycles. The molecule has 0 bridgehead atoms. The van der Waals surface area contributed by atoms with E-state index < -0.39 is 12.0 Å². The van der Waals surface area contributed by atoms with Gasteiger partial charge >= 0.3 is 5.97 Å². The number of methoxy groups -OCH3 is 1. The number of carboxylic acids is 1. The Hall–Kier alpha value is -3.13. The van der Waals surface area contributed by atoms with Crippen molar-refractivity contribution in [3.8, 4) is 11.1 Å². The summed E-state index contributed by atoms with van der Waals surface area (Å²) in [6.07, 6.45) is 4.26. The van der Waals surface area contributed by atoms with Gasteiger partial charge in [-0.2, -0.15) is 5.10 Å². The maximum absolute atomic E-state index is 11.6. The Morgan fingerprint density at radius 3 is 2.39 bits per heavy atom. The Morgan fingerprint density at radius 1 is 1.29 bits per heavy atom. The van der Waals surface area contributed by atoms with E-state index in [0.717, 1.165) is 16.8 Å². The summed E-state index contributed by atoms with van der Waals surface area (Å²) < 4.78 is 6.54. The van der Waals surface area contributed by atoms with Crippen LogP contribution in [-0.4, -0.2) is 41.4 Å². The van der Waals surface area contributed by atoms with E-state index in [0.29, 0.717) is 24.4 Å². The number of aromatic nitrogens is 2. The molecule has 2 rings (SSSR count). The summed E-state index contributed by atoms with van der Waals surface area (Å²) in [6, 6.07) is 4.92. The Balaban J connectivity index is 0.000000861. The van der Waals surface area contributed by atoms with E-state index in [4.69, 9.17) is 4.74 Å². The summed E-state index contributed by atoms with van der Waals surface area (Å²) in [4.78, 5) is 22.6. The van der Waals surface area contributed by atoms with Crippen LogP contribution in [0.1, 0.15) is 46.2 Å². The lowest BCUT2D eigenvalue weighted by Gasteiger charge is -2.16. The van der Waals surface area contributed by atoms with Crippen molar-refractivity contribution in [3.63, 3.8) is 0 Å². The number of carbonyl (C=O) groups is 2. The fourth-order valence-electron chi connectivity index (χ4n) is 2.89. The molecule has 0 aliphatic carbocycles. The smallest absolute Gasteiger partial charge is 0.328 e. The van der Waals surface area contributed by atoms with Crippen molar-refractivity contribution in [2.45, 2.75) is 47.3 Å². The Bertz CT molecular complexity index is 899. The van der Waals surface area contributed by atoms with Gasteiger partial charge in [-0.25, -0.2) is 4.79 Å². The molecule has 0 radical (unpaired) electrons. The molecule has 170 valence electrons. The van der Waals surface area contributed by atoms with Gasteiger partial charge in [0.05, 0.1) is 6.61 Å². The van der Waals surface area contributed by atoms with Crippen LogP contribution in [0.4, 0.5) is 11.5 Å². The molecule has 0 aliphatic heterocycles. The van der Waals surface area contributed by atoms with Crippen molar-refractivity contribution in [1.82, 2.24) is 9.78 Å². The summed E-state index contributed by atoms with van der Waals surface area (Å²) in [5.74, 6) is -0.837. The fraction of sp³-hybridized carbons (Fsp3) is 0.435. The summed E-state index contributed by atoms with van der Waals surface area (Å²) in [6.45, 7) is 10.3. The third-order valence-corrected chi connectivity index (χ3v) is 4.63. The highest BCUT2D eigenvalue weighted by molar-refractivity contribution is 5.88. The number of allylic oxidation sites excluding steroid dienone is 2. The van der Waals surface area contributed by atoms with E-state index in [1.807, 2.05) is 39.0 Å². The number of rotatable bonds is 9. The van der Waals surface area contributed by atoms with Crippen LogP contribution in [-0.2, 0) is 20.9 Å². The van der Waals surface area contributed by atoms with Crippen molar-refractivity contribution in [2.75, 3.05) is 24.8 Å². The van der Waals surface area contributed by atoms with Crippen LogP contribution in [0, 0.1) is 5.92 Å². The van der Waals surface area contributed by atoms with Crippen LogP contribution in [0.5, 0.6) is 0 Å². The minimum atomic E-state index is -0.976. The monoisotopic (exact) mass is 430 g/mol. The van der Waals surface area contributed by atoms with Crippen molar-refractivity contribution >= 4 is 23.9 Å². The molecule has 1 amide bonds. The minimum absolute atomic E-state index is 0.169. The standard InChI is InChI=1S/C18H24N4O4.C5H10/c1-11(2)16(18(24)25)22-8-14(17(21-22)20-10-23)13-6-5-12(9-26-4)7-15(13)19-3;1-4-5(2)3/h5-8,10-11,16,19H,9H2,1-4H3,(H,24,25)(H,20,21,23);4H,1-3H3. The van der Waals surface area contributed by atoms with E-state index in [2.05, 4.69) is 35.7 Å². The second kappa shape index (κ2) is 12.5. The van der Waals surface area contributed by atoms with Gasteiger partial charge in [-0.3, -0.25) is 9.48 Å². The topological polar surface area (TPSA) is 105 Å². The zero-order valence-electron chi connectivity index (χ0n) is 19.4. The molecule has 8 nitrogen and oxygen atoms in total. The second-order valence-electron chi connectivity index (χ2n) is 7.59. The van der Waals surface area contributed by atoms with Gasteiger partial charge in [-0.15, -0.1) is 0 Å². The maximum Gasteiger partial charge on any atom is 0.328 e. The zero-order valence-corrected chi connectivity index (χ0v) is 19.4. The van der Waals surface area contributed by atoms with E-state index in [9.17, 15) is 14.7 Å². The van der Waals surface area contributed by atoms with Crippen LogP contribution in [0.3, 0.4) is 0 Å². The first-order valence-electron chi connectivity index (χ1n) is 10.1. The molecule has 0 fully saturated rings. The molecule has 1 aromatic heterocycles. The first kappa shape index (κ1) is 25.9. The molecule has 1 unspecified atom stereocenters. The number of amides is 1. The van der Waals surface area contributed by atoms with Gasteiger partial charge in [-0.05, 0) is 38.3 Å². The average molecular weight is 431 g/mol. The lowest BCUT2D eigenvalue weighted by Crippen LogP contribution is -2.24. The molecule has 1 heterocycles. The van der Waals surface area contributed by atoms with Crippen molar-refractivity contribution < 1.29 is 19.4 Å². The van der Waals surface area contributed by atoms with Gasteiger partial charge in [0, 0.05) is 37.2 Å². The highest BCUT2D eigenvalue weighted by atomic mass is 16.5. The van der Waals surface area contributed by atoms with E-state index >= 15 is 0 Å². The van der Waals surface area contributed by atoms with Gasteiger partial charge < -0.3 is 20.5 Å². The number of carboxylic acid groups (broad SMARTS) is 1. The number of aliphatic carboxylic acids is 1. The molecule has 0 saturated heterocycles. The quantitative estimate of drug-likeness (QED) is 0.398. The van der Waals surface area contributed by atoms with E-state index in [1.54, 1.807) is 20.4 Å². The number of carbonyl (C=O) groups excluding carboxylic acids is 1. The Kier molecular flexibility index (Phi) is 10.5. The van der Waals surface area contributed by atoms with E-state index in [1.165, 1.54) is 10.3 Å². The van der Waals surface area contributed by atoms with Crippen molar-refractivity contribution in [1.29, 1.82) is 0 Å². The Morgan fingerprint density at radius 2 is 1.94 bits per heavy atom. The maximum atomic E-state index is 11.6. The largest absolute Gasteiger partial charge is 0.480 e. The zero-order chi connectivity index (χ0) is 23.6. The molecule has 0 saturated carbocycles. The van der Waals surface area contributed by atoms with Crippen LogP contribution >= 0.6 is 0 Å². The number of hydrogen-bond donors (Lipinski definition) is 3. The lowest BCUT2D eigenvalue weighted by molar-refractivity contribution is -0.142. The summed E-state index contributed by atoms with van der Waals surface area (Å²) in [5.41, 5.74) is 4.63. The van der Waals surface area contributed by atoms with E-state index in [-0.39, 0.29) is 5.92 Å². The number of anilines is 2. The molecule has 0 spiro atoms. The van der Waals surface area contributed by atoms with Gasteiger partial charge in [0.15, 0.2) is 11.9 Å². The van der Waals surface area contributed by atoms with Crippen molar-refractivity contribution in [3.05, 3.63) is 41.6 Å². The van der Waals surface area contributed by atoms with Gasteiger partial charge in [-0.1, -0.05) is 37.6 Å². The molecule has 8 heteroatoms. The molecular weight excluding hydrogens is 396 g/mol. The first-order valence-corrected chi connectivity index (χ1v) is 10.1. The van der Waals surface area contributed by atoms with Crippen LogP contribution in [0.25, 0.3) is 11.1 Å². The van der Waals surface area contributed by atoms with Crippen LogP contribution in [0.2, 0.25) is 0 Å². The highest BCUT2D eigenvalue weighted by Gasteiger charge is 2.26. The minimum Gasteiger partial charge on any atom is -0.480 e. The van der Waals surface area contributed by atoms with Gasteiger partial charge in [0.2, 0.25) is 6.41 Å². The number of nitrogens with zero attached hydrogens (tertiary/aromatic N) is 2. The molecule has 2 aromatic rings. The van der Waals surface area contributed by atoms with Gasteiger partial charge in [0.25, 0.3) is 0 Å².